The highest BCUT2D eigenvalue weighted by Gasteiger charge is 2.11. The van der Waals surface area contributed by atoms with E-state index in [2.05, 4.69) is 15.4 Å². The number of nitrogens with zero attached hydrogens (tertiary/aromatic N) is 3. The maximum absolute atomic E-state index is 12.4. The van der Waals surface area contributed by atoms with E-state index in [0.717, 1.165) is 28.3 Å². The highest BCUT2D eigenvalue weighted by Crippen LogP contribution is 2.25. The standard InChI is InChI=1S/C23H21N5O2/c1-30-20-8-4-17(5-9-20)21-14-22(24)28(27-21)19-6-2-18(3-7-19)23(29)26-15-16-10-12-25-13-11-16/h2-14H,15,24H2,1H3,(H,26,29). The third kappa shape index (κ3) is 4.15. The van der Waals surface area contributed by atoms with Gasteiger partial charge in [0.25, 0.3) is 5.91 Å². The molecule has 150 valence electrons. The first-order valence-electron chi connectivity index (χ1n) is 9.41. The highest BCUT2D eigenvalue weighted by molar-refractivity contribution is 5.94. The topological polar surface area (TPSA) is 95.1 Å². The van der Waals surface area contributed by atoms with Gasteiger partial charge in [0.05, 0.1) is 18.5 Å². The number of hydrogen-bond donors (Lipinski definition) is 2. The molecule has 2 aromatic heterocycles. The number of hydrogen-bond acceptors (Lipinski definition) is 5. The third-order valence-electron chi connectivity index (χ3n) is 4.70. The van der Waals surface area contributed by atoms with E-state index in [4.69, 9.17) is 10.5 Å². The number of methoxy groups -OCH3 is 1. The quantitative estimate of drug-likeness (QED) is 0.518. The molecule has 7 nitrogen and oxygen atoms in total. The fourth-order valence-corrected chi connectivity index (χ4v) is 3.04. The number of nitrogens with one attached hydrogen (secondary N) is 1. The molecule has 0 aliphatic heterocycles. The zero-order valence-electron chi connectivity index (χ0n) is 16.4. The number of aromatic nitrogens is 3. The van der Waals surface area contributed by atoms with Crippen LogP contribution in [0.15, 0.2) is 79.1 Å². The maximum atomic E-state index is 12.4. The third-order valence-corrected chi connectivity index (χ3v) is 4.70. The Morgan fingerprint density at radius 1 is 1.03 bits per heavy atom. The van der Waals surface area contributed by atoms with Gasteiger partial charge < -0.3 is 15.8 Å². The van der Waals surface area contributed by atoms with E-state index in [1.807, 2.05) is 54.6 Å². The lowest BCUT2D eigenvalue weighted by molar-refractivity contribution is 0.0951. The molecule has 0 radical (unpaired) electrons. The van der Waals surface area contributed by atoms with Gasteiger partial charge >= 0.3 is 0 Å². The first-order valence-corrected chi connectivity index (χ1v) is 9.41. The van der Waals surface area contributed by atoms with E-state index < -0.39 is 0 Å². The lowest BCUT2D eigenvalue weighted by Crippen LogP contribution is -2.22. The summed E-state index contributed by atoms with van der Waals surface area (Å²) in [5, 5.41) is 7.50. The van der Waals surface area contributed by atoms with Crippen LogP contribution in [0.25, 0.3) is 16.9 Å². The van der Waals surface area contributed by atoms with Crippen LogP contribution in [0.3, 0.4) is 0 Å². The second-order valence-electron chi connectivity index (χ2n) is 6.68. The van der Waals surface area contributed by atoms with Crippen molar-refractivity contribution >= 4 is 11.7 Å². The van der Waals surface area contributed by atoms with Crippen molar-refractivity contribution in [3.8, 4) is 22.7 Å². The molecule has 0 bridgehead atoms. The zero-order valence-corrected chi connectivity index (χ0v) is 16.4. The SMILES string of the molecule is COc1ccc(-c2cc(N)n(-c3ccc(C(=O)NCc4ccncc4)cc3)n2)cc1. The van der Waals surface area contributed by atoms with E-state index >= 15 is 0 Å². The summed E-state index contributed by atoms with van der Waals surface area (Å²) in [6.45, 7) is 0.445. The number of pyridine rings is 1. The molecule has 2 aromatic carbocycles. The minimum absolute atomic E-state index is 0.147. The van der Waals surface area contributed by atoms with E-state index in [1.54, 1.807) is 36.3 Å². The van der Waals surface area contributed by atoms with Gasteiger partial charge in [-0.2, -0.15) is 5.10 Å². The Kier molecular flexibility index (Phi) is 5.43. The molecule has 4 rings (SSSR count). The van der Waals surface area contributed by atoms with Crippen molar-refractivity contribution in [2.75, 3.05) is 12.8 Å². The van der Waals surface area contributed by atoms with Crippen molar-refractivity contribution in [3.63, 3.8) is 0 Å². The molecule has 0 saturated carbocycles. The van der Waals surface area contributed by atoms with Crippen LogP contribution in [0.5, 0.6) is 5.75 Å². The van der Waals surface area contributed by atoms with Crippen LogP contribution in [0.4, 0.5) is 5.82 Å². The van der Waals surface area contributed by atoms with Gasteiger partial charge in [-0.25, -0.2) is 4.68 Å². The summed E-state index contributed by atoms with van der Waals surface area (Å²) in [5.41, 5.74) is 10.2. The van der Waals surface area contributed by atoms with E-state index in [-0.39, 0.29) is 5.91 Å². The molecular weight excluding hydrogens is 378 g/mol. The highest BCUT2D eigenvalue weighted by atomic mass is 16.5. The molecule has 1 amide bonds. The first-order chi connectivity index (χ1) is 14.6. The molecule has 0 fully saturated rings. The lowest BCUT2D eigenvalue weighted by Gasteiger charge is -2.07. The Morgan fingerprint density at radius 3 is 2.40 bits per heavy atom. The van der Waals surface area contributed by atoms with Crippen molar-refractivity contribution in [1.29, 1.82) is 0 Å². The maximum Gasteiger partial charge on any atom is 0.251 e. The minimum Gasteiger partial charge on any atom is -0.497 e. The molecule has 2 heterocycles. The van der Waals surface area contributed by atoms with Gasteiger partial charge in [-0.15, -0.1) is 0 Å². The first kappa shape index (κ1) is 19.2. The second kappa shape index (κ2) is 8.48. The van der Waals surface area contributed by atoms with Crippen LogP contribution in [0.2, 0.25) is 0 Å². The number of ether oxygens (including phenoxy) is 1. The molecule has 0 spiro atoms. The summed E-state index contributed by atoms with van der Waals surface area (Å²) >= 11 is 0. The number of nitrogen functional groups attached to an aromatic ring is 1. The van der Waals surface area contributed by atoms with Gasteiger partial charge in [0.1, 0.15) is 11.6 Å². The largest absolute Gasteiger partial charge is 0.497 e. The molecule has 30 heavy (non-hydrogen) atoms. The summed E-state index contributed by atoms with van der Waals surface area (Å²) in [7, 11) is 1.63. The minimum atomic E-state index is -0.147. The lowest BCUT2D eigenvalue weighted by atomic mass is 10.1. The van der Waals surface area contributed by atoms with Crippen molar-refractivity contribution < 1.29 is 9.53 Å². The fourth-order valence-electron chi connectivity index (χ4n) is 3.04. The van der Waals surface area contributed by atoms with Crippen LogP contribution in [-0.2, 0) is 6.54 Å². The monoisotopic (exact) mass is 399 g/mol. The van der Waals surface area contributed by atoms with Crippen LogP contribution >= 0.6 is 0 Å². The normalized spacial score (nSPS) is 10.6. The number of carbonyl (C=O) groups excluding carboxylic acids is 1. The number of rotatable bonds is 6. The molecule has 0 saturated heterocycles. The molecular formula is C23H21N5O2. The number of benzene rings is 2. The molecule has 3 N–H and O–H groups in total. The van der Waals surface area contributed by atoms with Crippen molar-refractivity contribution in [3.05, 3.63) is 90.3 Å². The van der Waals surface area contributed by atoms with Gasteiger partial charge in [-0.05, 0) is 66.2 Å². The average Bonchev–Trinajstić information content (AvgIpc) is 3.20. The summed E-state index contributed by atoms with van der Waals surface area (Å²) < 4.78 is 6.84. The summed E-state index contributed by atoms with van der Waals surface area (Å²) in [5.74, 6) is 1.14. The Labute approximate surface area is 174 Å². The van der Waals surface area contributed by atoms with Crippen molar-refractivity contribution in [2.45, 2.75) is 6.54 Å². The number of anilines is 1. The summed E-state index contributed by atoms with van der Waals surface area (Å²) in [4.78, 5) is 16.4. The smallest absolute Gasteiger partial charge is 0.251 e. The predicted molar refractivity (Wildman–Crippen MR) is 115 cm³/mol. The van der Waals surface area contributed by atoms with Crippen LogP contribution < -0.4 is 15.8 Å². The predicted octanol–water partition coefficient (Wildman–Crippen LogP) is 3.46. The van der Waals surface area contributed by atoms with Gasteiger partial charge in [0.15, 0.2) is 0 Å². The van der Waals surface area contributed by atoms with E-state index in [0.29, 0.717) is 17.9 Å². The molecule has 0 unspecified atom stereocenters. The number of nitrogens with two attached hydrogens (primary N) is 1. The molecule has 7 heteroatoms. The Hall–Kier alpha value is -4.13. The molecule has 4 aromatic rings. The molecule has 0 atom stereocenters. The van der Waals surface area contributed by atoms with Crippen molar-refractivity contribution in [1.82, 2.24) is 20.1 Å². The number of amides is 1. The van der Waals surface area contributed by atoms with Gasteiger partial charge in [-0.3, -0.25) is 9.78 Å². The Morgan fingerprint density at radius 2 is 1.73 bits per heavy atom. The fraction of sp³-hybridized carbons (Fsp3) is 0.0870. The second-order valence-corrected chi connectivity index (χ2v) is 6.68. The average molecular weight is 399 g/mol. The van der Waals surface area contributed by atoms with Crippen LogP contribution in [-0.4, -0.2) is 27.8 Å². The zero-order chi connectivity index (χ0) is 20.9. The van der Waals surface area contributed by atoms with Gasteiger partial charge in [0, 0.05) is 36.1 Å². The molecule has 0 aliphatic rings. The molecule has 0 aliphatic carbocycles. The van der Waals surface area contributed by atoms with Crippen molar-refractivity contribution in [2.24, 2.45) is 0 Å². The Bertz CT molecular complexity index is 1140. The van der Waals surface area contributed by atoms with E-state index in [9.17, 15) is 4.79 Å². The Balaban J connectivity index is 1.48. The summed E-state index contributed by atoms with van der Waals surface area (Å²) in [6, 6.07) is 20.3. The van der Waals surface area contributed by atoms with Gasteiger partial charge in [-0.1, -0.05) is 0 Å². The van der Waals surface area contributed by atoms with Gasteiger partial charge in [0.2, 0.25) is 0 Å². The summed E-state index contributed by atoms with van der Waals surface area (Å²) in [6.07, 6.45) is 3.40. The number of carbonyl (C=O) groups is 1. The van der Waals surface area contributed by atoms with Crippen LogP contribution in [0.1, 0.15) is 15.9 Å². The van der Waals surface area contributed by atoms with E-state index in [1.165, 1.54) is 0 Å². The van der Waals surface area contributed by atoms with Crippen LogP contribution in [0, 0.1) is 0 Å².